The Kier molecular flexibility index (Phi) is 4.82. The van der Waals surface area contributed by atoms with Crippen molar-refractivity contribution in [2.75, 3.05) is 10.8 Å². The van der Waals surface area contributed by atoms with Crippen LogP contribution in [0.2, 0.25) is 0 Å². The van der Waals surface area contributed by atoms with Gasteiger partial charge in [0.15, 0.2) is 0 Å². The Morgan fingerprint density at radius 2 is 1.72 bits per heavy atom. The smallest absolute Gasteiger partial charge is 0.269 e. The monoisotopic (exact) mass is 418 g/mol. The quantitative estimate of drug-likeness (QED) is 0.619. The lowest BCUT2D eigenvalue weighted by Crippen LogP contribution is -2.30. The van der Waals surface area contributed by atoms with Crippen molar-refractivity contribution >= 4 is 15.7 Å². The van der Waals surface area contributed by atoms with Crippen molar-refractivity contribution in [3.63, 3.8) is 0 Å². The number of hydrogen-bond acceptors (Lipinski definition) is 3. The molecule has 0 bridgehead atoms. The molecule has 0 saturated carbocycles. The second-order valence-electron chi connectivity index (χ2n) is 6.86. The van der Waals surface area contributed by atoms with Crippen molar-refractivity contribution in [1.29, 1.82) is 0 Å². The first kappa shape index (κ1) is 19.4. The number of benzene rings is 2. The molecule has 2 aromatic carbocycles. The van der Waals surface area contributed by atoms with Crippen LogP contribution in [0, 0.1) is 0 Å². The molecule has 1 aliphatic heterocycles. The summed E-state index contributed by atoms with van der Waals surface area (Å²) in [6.45, 7) is 0.274. The molecule has 4 nitrogen and oxygen atoms in total. The summed E-state index contributed by atoms with van der Waals surface area (Å²) in [6, 6.07) is 13.7. The lowest BCUT2D eigenvalue weighted by Gasteiger charge is -2.20. The minimum atomic E-state index is -4.51. The number of fused-ring (bicyclic) bond motifs is 1. The third-order valence-corrected chi connectivity index (χ3v) is 6.63. The molecular formula is C21H17F3N2O2S. The van der Waals surface area contributed by atoms with Gasteiger partial charge in [-0.1, -0.05) is 24.3 Å². The van der Waals surface area contributed by atoms with E-state index in [4.69, 9.17) is 0 Å². The highest BCUT2D eigenvalue weighted by atomic mass is 32.2. The van der Waals surface area contributed by atoms with E-state index in [1.54, 1.807) is 18.5 Å². The third kappa shape index (κ3) is 3.98. The predicted molar refractivity (Wildman–Crippen MR) is 105 cm³/mol. The SMILES string of the molecule is O=S(=O)(Cc1cccc(C(F)(F)F)c1)N1CCc2cc(-c3ccncc3)ccc21. The van der Waals surface area contributed by atoms with Crippen LogP contribution in [0.5, 0.6) is 0 Å². The Hall–Kier alpha value is -2.87. The molecule has 0 saturated heterocycles. The van der Waals surface area contributed by atoms with Gasteiger partial charge in [0.1, 0.15) is 0 Å². The van der Waals surface area contributed by atoms with Crippen LogP contribution in [0.15, 0.2) is 67.0 Å². The lowest BCUT2D eigenvalue weighted by atomic mass is 10.0. The summed E-state index contributed by atoms with van der Waals surface area (Å²) < 4.78 is 65.9. The van der Waals surface area contributed by atoms with Crippen LogP contribution in [0.3, 0.4) is 0 Å². The minimum Gasteiger partial charge on any atom is -0.269 e. The molecule has 0 atom stereocenters. The van der Waals surface area contributed by atoms with Crippen LogP contribution in [0.25, 0.3) is 11.1 Å². The van der Waals surface area contributed by atoms with Gasteiger partial charge < -0.3 is 0 Å². The van der Waals surface area contributed by atoms with Gasteiger partial charge in [-0.2, -0.15) is 13.2 Å². The van der Waals surface area contributed by atoms with Crippen molar-refractivity contribution < 1.29 is 21.6 Å². The Bertz CT molecular complexity index is 1150. The molecule has 150 valence electrons. The number of anilines is 1. The van der Waals surface area contributed by atoms with Crippen molar-refractivity contribution in [2.45, 2.75) is 18.3 Å². The number of alkyl halides is 3. The zero-order valence-corrected chi connectivity index (χ0v) is 16.0. The highest BCUT2D eigenvalue weighted by Gasteiger charge is 2.32. The molecule has 2 heterocycles. The number of rotatable bonds is 4. The molecule has 0 amide bonds. The van der Waals surface area contributed by atoms with Gasteiger partial charge in [-0.25, -0.2) is 8.42 Å². The van der Waals surface area contributed by atoms with Crippen LogP contribution in [-0.4, -0.2) is 19.9 Å². The molecular weight excluding hydrogens is 401 g/mol. The van der Waals surface area contributed by atoms with E-state index in [9.17, 15) is 21.6 Å². The highest BCUT2D eigenvalue weighted by Crippen LogP contribution is 2.35. The zero-order valence-electron chi connectivity index (χ0n) is 15.2. The molecule has 0 spiro atoms. The van der Waals surface area contributed by atoms with Gasteiger partial charge in [0.05, 0.1) is 17.0 Å². The Morgan fingerprint density at radius 1 is 0.966 bits per heavy atom. The number of hydrogen-bond donors (Lipinski definition) is 0. The van der Waals surface area contributed by atoms with Crippen LogP contribution in [0.1, 0.15) is 16.7 Å². The van der Waals surface area contributed by atoms with Crippen LogP contribution >= 0.6 is 0 Å². The van der Waals surface area contributed by atoms with E-state index in [1.807, 2.05) is 24.3 Å². The number of sulfonamides is 1. The van der Waals surface area contributed by atoms with Gasteiger partial charge >= 0.3 is 6.18 Å². The van der Waals surface area contributed by atoms with Gasteiger partial charge in [0.2, 0.25) is 10.0 Å². The zero-order chi connectivity index (χ0) is 20.6. The fourth-order valence-electron chi connectivity index (χ4n) is 3.51. The van der Waals surface area contributed by atoms with Crippen LogP contribution in [0.4, 0.5) is 18.9 Å². The molecule has 0 fully saturated rings. The molecule has 1 aliphatic rings. The first-order valence-electron chi connectivity index (χ1n) is 8.94. The highest BCUT2D eigenvalue weighted by molar-refractivity contribution is 7.92. The standard InChI is InChI=1S/C21H17F3N2O2S/c22-21(23,24)19-3-1-2-15(12-19)14-29(27,28)26-11-8-18-13-17(4-5-20(18)26)16-6-9-25-10-7-16/h1-7,9-10,12-13H,8,11,14H2. The van der Waals surface area contributed by atoms with E-state index < -0.39 is 27.5 Å². The molecule has 3 aromatic rings. The average Bonchev–Trinajstić information content (AvgIpc) is 3.12. The van der Waals surface area contributed by atoms with Crippen molar-refractivity contribution in [3.8, 4) is 11.1 Å². The summed E-state index contributed by atoms with van der Waals surface area (Å²) >= 11 is 0. The number of nitrogens with zero attached hydrogens (tertiary/aromatic N) is 2. The molecule has 8 heteroatoms. The van der Waals surface area contributed by atoms with E-state index in [-0.39, 0.29) is 12.1 Å². The van der Waals surface area contributed by atoms with E-state index in [1.165, 1.54) is 16.4 Å². The van der Waals surface area contributed by atoms with Gasteiger partial charge in [-0.05, 0) is 59.0 Å². The van der Waals surface area contributed by atoms with E-state index >= 15 is 0 Å². The summed E-state index contributed by atoms with van der Waals surface area (Å²) in [5, 5.41) is 0. The summed E-state index contributed by atoms with van der Waals surface area (Å²) in [6.07, 6.45) is -0.581. The maximum Gasteiger partial charge on any atom is 0.416 e. The van der Waals surface area contributed by atoms with E-state index in [0.29, 0.717) is 12.1 Å². The van der Waals surface area contributed by atoms with Gasteiger partial charge in [0.25, 0.3) is 0 Å². The number of halogens is 3. The van der Waals surface area contributed by atoms with Gasteiger partial charge in [0, 0.05) is 18.9 Å². The first-order valence-corrected chi connectivity index (χ1v) is 10.5. The molecule has 0 N–H and O–H groups in total. The first-order chi connectivity index (χ1) is 13.7. The van der Waals surface area contributed by atoms with Crippen molar-refractivity contribution in [2.24, 2.45) is 0 Å². The average molecular weight is 418 g/mol. The maximum atomic E-state index is 12.9. The fourth-order valence-corrected chi connectivity index (χ4v) is 5.11. The predicted octanol–water partition coefficient (Wildman–Crippen LogP) is 4.66. The van der Waals surface area contributed by atoms with Crippen LogP contribution in [-0.2, 0) is 28.4 Å². The largest absolute Gasteiger partial charge is 0.416 e. The Labute approximate surface area is 166 Å². The van der Waals surface area contributed by atoms with Crippen molar-refractivity contribution in [1.82, 2.24) is 4.98 Å². The molecule has 1 aromatic heterocycles. The maximum absolute atomic E-state index is 12.9. The van der Waals surface area contributed by atoms with Crippen LogP contribution < -0.4 is 4.31 Å². The number of aromatic nitrogens is 1. The Balaban J connectivity index is 1.61. The summed E-state index contributed by atoms with van der Waals surface area (Å²) in [5.74, 6) is -0.484. The lowest BCUT2D eigenvalue weighted by molar-refractivity contribution is -0.137. The van der Waals surface area contributed by atoms with Crippen molar-refractivity contribution in [3.05, 3.63) is 83.7 Å². The van der Waals surface area contributed by atoms with E-state index in [2.05, 4.69) is 4.98 Å². The summed E-state index contributed by atoms with van der Waals surface area (Å²) in [7, 11) is -3.81. The second-order valence-corrected chi connectivity index (χ2v) is 8.75. The summed E-state index contributed by atoms with van der Waals surface area (Å²) in [4.78, 5) is 3.99. The molecule has 0 radical (unpaired) electrons. The Morgan fingerprint density at radius 3 is 2.45 bits per heavy atom. The topological polar surface area (TPSA) is 50.3 Å². The molecule has 29 heavy (non-hydrogen) atoms. The van der Waals surface area contributed by atoms with Gasteiger partial charge in [-0.15, -0.1) is 0 Å². The molecule has 0 aliphatic carbocycles. The normalized spacial score (nSPS) is 14.1. The van der Waals surface area contributed by atoms with Gasteiger partial charge in [-0.3, -0.25) is 9.29 Å². The minimum absolute atomic E-state index is 0.113. The fraction of sp³-hybridized carbons (Fsp3) is 0.190. The third-order valence-electron chi connectivity index (χ3n) is 4.89. The molecule has 0 unspecified atom stereocenters. The summed E-state index contributed by atoms with van der Waals surface area (Å²) in [5.41, 5.74) is 2.67. The molecule has 4 rings (SSSR count). The van der Waals surface area contributed by atoms with E-state index in [0.717, 1.165) is 28.8 Å². The number of pyridine rings is 1. The second kappa shape index (κ2) is 7.18.